The molecule has 0 aliphatic carbocycles. The van der Waals surface area contributed by atoms with Crippen LogP contribution in [0, 0.1) is 12.0 Å². The zero-order valence-corrected chi connectivity index (χ0v) is 7.97. The first kappa shape index (κ1) is 10.8. The van der Waals surface area contributed by atoms with E-state index in [9.17, 15) is 4.79 Å². The van der Waals surface area contributed by atoms with Gasteiger partial charge in [-0.05, 0) is 12.8 Å². The van der Waals surface area contributed by atoms with Gasteiger partial charge in [-0.15, -0.1) is 0 Å². The lowest BCUT2D eigenvalue weighted by Gasteiger charge is -2.04. The van der Waals surface area contributed by atoms with Gasteiger partial charge >= 0.3 is 6.16 Å². The Morgan fingerprint density at radius 3 is 3.00 bits per heavy atom. The second-order valence-corrected chi connectivity index (χ2v) is 2.93. The van der Waals surface area contributed by atoms with Crippen molar-refractivity contribution in [1.82, 2.24) is 11.0 Å². The van der Waals surface area contributed by atoms with Crippen LogP contribution in [0.15, 0.2) is 0 Å². The van der Waals surface area contributed by atoms with Gasteiger partial charge in [-0.2, -0.15) is 0 Å². The van der Waals surface area contributed by atoms with E-state index in [1.54, 1.807) is 0 Å². The van der Waals surface area contributed by atoms with Gasteiger partial charge in [0.25, 0.3) is 0 Å². The van der Waals surface area contributed by atoms with Gasteiger partial charge in [0.1, 0.15) is 6.11 Å². The lowest BCUT2D eigenvalue weighted by molar-refractivity contribution is 0.0237. The molecule has 78 valence electrons. The van der Waals surface area contributed by atoms with E-state index < -0.39 is 6.16 Å². The molecule has 0 aromatic rings. The molecule has 1 aliphatic rings. The fourth-order valence-electron chi connectivity index (χ4n) is 1.06. The summed E-state index contributed by atoms with van der Waals surface area (Å²) in [5.74, 6) is 2.73. The van der Waals surface area contributed by atoms with E-state index in [4.69, 9.17) is 0 Å². The van der Waals surface area contributed by atoms with Crippen LogP contribution in [0.2, 0.25) is 0 Å². The van der Waals surface area contributed by atoms with E-state index >= 15 is 0 Å². The number of hydrogen-bond donors (Lipinski definition) is 2. The molecule has 0 spiro atoms. The number of nitrogens with one attached hydrogen (secondary N) is 2. The number of rotatable bonds is 0. The number of carbonyl (C=O) groups is 1. The first-order valence-electron chi connectivity index (χ1n) is 4.73. The molecule has 0 bridgehead atoms. The van der Waals surface area contributed by atoms with E-state index in [0.29, 0.717) is 0 Å². The predicted molar refractivity (Wildman–Crippen MR) is 49.6 cm³/mol. The van der Waals surface area contributed by atoms with Crippen LogP contribution in [-0.2, 0) is 9.57 Å². The van der Waals surface area contributed by atoms with E-state index in [-0.39, 0.29) is 0 Å². The highest BCUT2D eigenvalue weighted by atomic mass is 16.8. The molecule has 1 rings (SSSR count). The van der Waals surface area contributed by atoms with Crippen molar-refractivity contribution in [2.45, 2.75) is 32.1 Å². The van der Waals surface area contributed by atoms with Gasteiger partial charge in [-0.3, -0.25) is 0 Å². The molecule has 5 heteroatoms. The van der Waals surface area contributed by atoms with Crippen LogP contribution in [-0.4, -0.2) is 12.7 Å². The summed E-state index contributed by atoms with van der Waals surface area (Å²) in [5.41, 5.74) is 5.01. The molecule has 0 fully saturated rings. The molecule has 0 saturated carbocycles. The zero-order valence-electron chi connectivity index (χ0n) is 7.97. The molecule has 5 nitrogen and oxygen atoms in total. The fourth-order valence-corrected chi connectivity index (χ4v) is 1.06. The first-order chi connectivity index (χ1) is 6.89. The molecule has 1 aliphatic heterocycles. The Labute approximate surface area is 83.1 Å². The van der Waals surface area contributed by atoms with Crippen molar-refractivity contribution in [2.24, 2.45) is 0 Å². The van der Waals surface area contributed by atoms with E-state index in [1.807, 2.05) is 0 Å². The summed E-state index contributed by atoms with van der Waals surface area (Å²) in [7, 11) is 0. The third kappa shape index (κ3) is 5.41. The fraction of sp³-hybridized carbons (Fsp3) is 0.667. The quantitative estimate of drug-likeness (QED) is 0.450. The molecule has 0 aromatic carbocycles. The summed E-state index contributed by atoms with van der Waals surface area (Å²) < 4.78 is 4.43. The second-order valence-electron chi connectivity index (χ2n) is 2.93. The minimum Gasteiger partial charge on any atom is -0.339 e. The standard InChI is InChI=1S/C9H14N2O3/c12-9-13-8-6-4-2-1-3-5-7-10-11-14-9/h10-11H,1-5,7H2. The molecule has 14 heavy (non-hydrogen) atoms. The van der Waals surface area contributed by atoms with Crippen LogP contribution >= 0.6 is 0 Å². The minimum atomic E-state index is -0.843. The van der Waals surface area contributed by atoms with Gasteiger partial charge in [-0.1, -0.05) is 24.4 Å². The number of carbonyl (C=O) groups excluding carboxylic acids is 1. The summed E-state index contributed by atoms with van der Waals surface area (Å²) in [6.07, 6.45) is 6.56. The molecule has 0 aromatic heterocycles. The predicted octanol–water partition coefficient (Wildman–Crippen LogP) is 1.07. The molecule has 0 radical (unpaired) electrons. The Balaban J connectivity index is 2.27. The smallest absolute Gasteiger partial charge is 0.339 e. The molecule has 0 atom stereocenters. The number of hydrazine groups is 1. The van der Waals surface area contributed by atoms with Crippen molar-refractivity contribution < 1.29 is 14.4 Å². The van der Waals surface area contributed by atoms with Crippen molar-refractivity contribution in [3.05, 3.63) is 0 Å². The highest BCUT2D eigenvalue weighted by Gasteiger charge is 2.01. The molecular weight excluding hydrogens is 184 g/mol. The van der Waals surface area contributed by atoms with Crippen molar-refractivity contribution in [3.63, 3.8) is 0 Å². The van der Waals surface area contributed by atoms with Crippen LogP contribution in [0.1, 0.15) is 32.1 Å². The molecule has 0 saturated heterocycles. The maximum atomic E-state index is 10.7. The number of ether oxygens (including phenoxy) is 1. The number of cyclic esters (lactones) is 1. The molecule has 0 unspecified atom stereocenters. The highest BCUT2D eigenvalue weighted by molar-refractivity contribution is 5.60. The van der Waals surface area contributed by atoms with E-state index in [2.05, 4.69) is 32.6 Å². The Kier molecular flexibility index (Phi) is 5.56. The summed E-state index contributed by atoms with van der Waals surface area (Å²) >= 11 is 0. The minimum absolute atomic E-state index is 0.758. The van der Waals surface area contributed by atoms with Crippen molar-refractivity contribution in [1.29, 1.82) is 0 Å². The average Bonchev–Trinajstić information content (AvgIpc) is 2.20. The second kappa shape index (κ2) is 7.18. The van der Waals surface area contributed by atoms with Gasteiger partial charge in [-0.25, -0.2) is 10.2 Å². The van der Waals surface area contributed by atoms with Gasteiger partial charge < -0.3 is 9.57 Å². The Morgan fingerprint density at radius 2 is 2.07 bits per heavy atom. The molecular formula is C9H14N2O3. The maximum absolute atomic E-state index is 10.7. The van der Waals surface area contributed by atoms with Gasteiger partial charge in [0.2, 0.25) is 0 Å². The average molecular weight is 198 g/mol. The van der Waals surface area contributed by atoms with Crippen molar-refractivity contribution in [3.8, 4) is 12.0 Å². The third-order valence-corrected chi connectivity index (χ3v) is 1.77. The number of hydrogen-bond acceptors (Lipinski definition) is 5. The van der Waals surface area contributed by atoms with E-state index in [1.165, 1.54) is 0 Å². The lowest BCUT2D eigenvalue weighted by Crippen LogP contribution is -2.34. The van der Waals surface area contributed by atoms with E-state index in [0.717, 1.165) is 38.6 Å². The Morgan fingerprint density at radius 1 is 1.21 bits per heavy atom. The third-order valence-electron chi connectivity index (χ3n) is 1.77. The Bertz CT molecular complexity index is 232. The van der Waals surface area contributed by atoms with Crippen molar-refractivity contribution in [2.75, 3.05) is 6.54 Å². The SMILES string of the molecule is O=C1OC#CCCCCCCNNO1. The summed E-state index contributed by atoms with van der Waals surface area (Å²) in [4.78, 5) is 15.2. The lowest BCUT2D eigenvalue weighted by atomic mass is 10.1. The summed E-state index contributed by atoms with van der Waals surface area (Å²) in [6, 6.07) is 0. The molecule has 2 N–H and O–H groups in total. The zero-order chi connectivity index (χ0) is 10.1. The molecule has 0 amide bonds. The summed E-state index contributed by atoms with van der Waals surface area (Å²) in [6.45, 7) is 0.758. The van der Waals surface area contributed by atoms with Gasteiger partial charge in [0.15, 0.2) is 0 Å². The van der Waals surface area contributed by atoms with Gasteiger partial charge in [0.05, 0.1) is 0 Å². The van der Waals surface area contributed by atoms with Crippen molar-refractivity contribution >= 4 is 6.16 Å². The van der Waals surface area contributed by atoms with Crippen LogP contribution in [0.4, 0.5) is 4.79 Å². The largest absolute Gasteiger partial charge is 0.543 e. The molecule has 1 heterocycles. The normalized spacial score (nSPS) is 19.9. The van der Waals surface area contributed by atoms with Crippen LogP contribution < -0.4 is 11.0 Å². The topological polar surface area (TPSA) is 59.6 Å². The highest BCUT2D eigenvalue weighted by Crippen LogP contribution is 2.01. The summed E-state index contributed by atoms with van der Waals surface area (Å²) in [5, 5.41) is 0. The first-order valence-corrected chi connectivity index (χ1v) is 4.73. The van der Waals surface area contributed by atoms with Crippen LogP contribution in [0.5, 0.6) is 0 Å². The van der Waals surface area contributed by atoms with Crippen LogP contribution in [0.25, 0.3) is 0 Å². The monoisotopic (exact) mass is 198 g/mol. The Hall–Kier alpha value is -1.25. The van der Waals surface area contributed by atoms with Gasteiger partial charge in [0, 0.05) is 13.0 Å². The maximum Gasteiger partial charge on any atom is 0.543 e. The van der Waals surface area contributed by atoms with Crippen LogP contribution in [0.3, 0.4) is 0 Å².